The van der Waals surface area contributed by atoms with Crippen molar-refractivity contribution >= 4 is 11.8 Å². The zero-order valence-corrected chi connectivity index (χ0v) is 20.0. The van der Waals surface area contributed by atoms with E-state index in [1.54, 1.807) is 26.0 Å². The molecule has 0 bridgehead atoms. The van der Waals surface area contributed by atoms with E-state index in [0.717, 1.165) is 39.7 Å². The van der Waals surface area contributed by atoms with Gasteiger partial charge in [-0.2, -0.15) is 11.8 Å². The van der Waals surface area contributed by atoms with Gasteiger partial charge in [0.05, 0.1) is 26.9 Å². The Balaban J connectivity index is 2.14. The second kappa shape index (κ2) is 11.4. The maximum atomic E-state index is 9.05. The summed E-state index contributed by atoms with van der Waals surface area (Å²) in [6.07, 6.45) is -0.0148. The summed E-state index contributed by atoms with van der Waals surface area (Å²) in [5.74, 6) is 3.21. The fraction of sp³-hybridized carbons (Fsp3) is 0.333. The first kappa shape index (κ1) is 24.2. The van der Waals surface area contributed by atoms with Crippen molar-refractivity contribution in [2.24, 2.45) is 0 Å². The Morgan fingerprint density at radius 3 is 1.56 bits per heavy atom. The van der Waals surface area contributed by atoms with Gasteiger partial charge in [-0.25, -0.2) is 0 Å². The van der Waals surface area contributed by atoms with Crippen molar-refractivity contribution in [2.75, 3.05) is 26.6 Å². The molecule has 0 fully saturated rings. The van der Waals surface area contributed by atoms with Gasteiger partial charge in [0.1, 0.15) is 17.1 Å². The van der Waals surface area contributed by atoms with E-state index in [4.69, 9.17) is 19.3 Å². The van der Waals surface area contributed by atoms with Gasteiger partial charge in [-0.1, -0.05) is 48.5 Å². The molecule has 170 valence electrons. The van der Waals surface area contributed by atoms with Crippen LogP contribution in [0.15, 0.2) is 72.8 Å². The van der Waals surface area contributed by atoms with E-state index in [2.05, 4.69) is 62.4 Å². The van der Waals surface area contributed by atoms with Gasteiger partial charge in [-0.3, -0.25) is 0 Å². The average molecular weight is 453 g/mol. The number of thioether (sulfide) groups is 1. The molecule has 0 aromatic heterocycles. The lowest BCUT2D eigenvalue weighted by Gasteiger charge is -2.37. The predicted molar refractivity (Wildman–Crippen MR) is 132 cm³/mol. The highest BCUT2D eigenvalue weighted by atomic mass is 32.2. The Hall–Kier alpha value is -2.47. The Kier molecular flexibility index (Phi) is 8.62. The number of aliphatic hydroxyl groups excluding tert-OH is 1. The summed E-state index contributed by atoms with van der Waals surface area (Å²) in [5, 5.41) is 9.05. The maximum Gasteiger partial charge on any atom is 0.144 e. The van der Waals surface area contributed by atoms with Crippen LogP contribution in [0, 0.1) is 0 Å². The summed E-state index contributed by atoms with van der Waals surface area (Å²) in [5.41, 5.74) is 3.54. The number of ether oxygens (including phenoxy) is 3. The molecule has 1 N–H and O–H groups in total. The first-order valence-corrected chi connectivity index (χ1v) is 11.9. The molecule has 0 radical (unpaired) electrons. The molecule has 0 aliphatic carbocycles. The largest absolute Gasteiger partial charge is 0.497 e. The Morgan fingerprint density at radius 2 is 1.19 bits per heavy atom. The molecule has 0 unspecified atom stereocenters. The third-order valence-corrected chi connectivity index (χ3v) is 6.28. The first-order valence-electron chi connectivity index (χ1n) is 10.8. The molecule has 0 spiro atoms. The second-order valence-corrected chi connectivity index (χ2v) is 8.88. The minimum absolute atomic E-state index is 0.0148. The Morgan fingerprint density at radius 1 is 0.750 bits per heavy atom. The van der Waals surface area contributed by atoms with Crippen molar-refractivity contribution in [2.45, 2.75) is 31.3 Å². The van der Waals surface area contributed by atoms with E-state index in [1.165, 1.54) is 5.56 Å². The fourth-order valence-corrected chi connectivity index (χ4v) is 4.50. The van der Waals surface area contributed by atoms with Crippen LogP contribution in [0.1, 0.15) is 36.1 Å². The van der Waals surface area contributed by atoms with Gasteiger partial charge in [0, 0.05) is 11.5 Å². The van der Waals surface area contributed by atoms with Gasteiger partial charge >= 0.3 is 0 Å². The van der Waals surface area contributed by atoms with Crippen LogP contribution in [0.5, 0.6) is 11.5 Å². The molecule has 0 saturated heterocycles. The van der Waals surface area contributed by atoms with Gasteiger partial charge in [0.25, 0.3) is 0 Å². The standard InChI is InChI=1S/C27H32O4S/c1-20(2)31-27(23-9-13-25(29-3)14-10-23,24-11-15-26(30-4)16-12-24)22-7-5-21(6-8-22)19-32-18-17-28/h5-16,20,28H,17-19H2,1-4H3. The molecule has 3 aromatic rings. The highest BCUT2D eigenvalue weighted by molar-refractivity contribution is 7.98. The molecule has 0 saturated carbocycles. The normalized spacial score (nSPS) is 11.6. The molecule has 0 atom stereocenters. The van der Waals surface area contributed by atoms with Crippen molar-refractivity contribution in [3.63, 3.8) is 0 Å². The zero-order chi connectivity index (χ0) is 23.0. The average Bonchev–Trinajstić information content (AvgIpc) is 2.83. The Bertz CT molecular complexity index is 903. The molecule has 0 aliphatic heterocycles. The molecule has 4 nitrogen and oxygen atoms in total. The summed E-state index contributed by atoms with van der Waals surface area (Å²) in [6.45, 7) is 4.31. The van der Waals surface area contributed by atoms with Crippen molar-refractivity contribution in [3.8, 4) is 11.5 Å². The summed E-state index contributed by atoms with van der Waals surface area (Å²) < 4.78 is 17.5. The molecule has 0 amide bonds. The number of benzene rings is 3. The number of hydrogen-bond donors (Lipinski definition) is 1. The van der Waals surface area contributed by atoms with Crippen molar-refractivity contribution < 1.29 is 19.3 Å². The van der Waals surface area contributed by atoms with Gasteiger partial charge in [0.15, 0.2) is 0 Å². The van der Waals surface area contributed by atoms with Crippen molar-refractivity contribution in [3.05, 3.63) is 95.1 Å². The number of hydrogen-bond acceptors (Lipinski definition) is 5. The number of aliphatic hydroxyl groups is 1. The zero-order valence-electron chi connectivity index (χ0n) is 19.2. The lowest BCUT2D eigenvalue weighted by atomic mass is 9.79. The molecular weight excluding hydrogens is 420 g/mol. The minimum atomic E-state index is -0.788. The summed E-state index contributed by atoms with van der Waals surface area (Å²) in [6, 6.07) is 24.7. The van der Waals surface area contributed by atoms with Gasteiger partial charge in [-0.05, 0) is 60.4 Å². The van der Waals surface area contributed by atoms with Crippen LogP contribution in [0.2, 0.25) is 0 Å². The third-order valence-electron chi connectivity index (χ3n) is 5.27. The molecule has 0 aliphatic rings. The van der Waals surface area contributed by atoms with Crippen LogP contribution in [0.4, 0.5) is 0 Å². The van der Waals surface area contributed by atoms with E-state index in [-0.39, 0.29) is 12.7 Å². The van der Waals surface area contributed by atoms with Gasteiger partial charge in [-0.15, -0.1) is 0 Å². The molecule has 0 heterocycles. The quantitative estimate of drug-likeness (QED) is 0.301. The first-order chi connectivity index (χ1) is 15.5. The maximum absolute atomic E-state index is 9.05. The van der Waals surface area contributed by atoms with E-state index in [0.29, 0.717) is 0 Å². The summed E-state index contributed by atoms with van der Waals surface area (Å²) in [7, 11) is 3.34. The lowest BCUT2D eigenvalue weighted by Crippen LogP contribution is -2.35. The Labute approximate surface area is 195 Å². The van der Waals surface area contributed by atoms with E-state index in [9.17, 15) is 0 Å². The highest BCUT2D eigenvalue weighted by Crippen LogP contribution is 2.42. The van der Waals surface area contributed by atoms with Crippen LogP contribution >= 0.6 is 11.8 Å². The van der Waals surface area contributed by atoms with Crippen LogP contribution < -0.4 is 9.47 Å². The smallest absolute Gasteiger partial charge is 0.144 e. The second-order valence-electron chi connectivity index (χ2n) is 7.78. The van der Waals surface area contributed by atoms with Crippen LogP contribution in [0.25, 0.3) is 0 Å². The topological polar surface area (TPSA) is 47.9 Å². The third kappa shape index (κ3) is 5.47. The van der Waals surface area contributed by atoms with Crippen molar-refractivity contribution in [1.29, 1.82) is 0 Å². The van der Waals surface area contributed by atoms with Gasteiger partial charge in [0.2, 0.25) is 0 Å². The minimum Gasteiger partial charge on any atom is -0.497 e. The van der Waals surface area contributed by atoms with Crippen molar-refractivity contribution in [1.82, 2.24) is 0 Å². The monoisotopic (exact) mass is 452 g/mol. The molecule has 32 heavy (non-hydrogen) atoms. The van der Waals surface area contributed by atoms with Crippen LogP contribution in [-0.2, 0) is 16.1 Å². The summed E-state index contributed by atoms with van der Waals surface area (Å²) >= 11 is 1.72. The van der Waals surface area contributed by atoms with Crippen LogP contribution in [-0.4, -0.2) is 37.8 Å². The van der Waals surface area contributed by atoms with Gasteiger partial charge < -0.3 is 19.3 Å². The number of methoxy groups -OCH3 is 2. The van der Waals surface area contributed by atoms with Crippen LogP contribution in [0.3, 0.4) is 0 Å². The van der Waals surface area contributed by atoms with E-state index >= 15 is 0 Å². The molecule has 3 rings (SSSR count). The fourth-order valence-electron chi connectivity index (χ4n) is 3.80. The lowest BCUT2D eigenvalue weighted by molar-refractivity contribution is -0.0293. The predicted octanol–water partition coefficient (Wildman–Crippen LogP) is 5.65. The SMILES string of the molecule is COc1ccc(C(OC(C)C)(c2ccc(CSCCO)cc2)c2ccc(OC)cc2)cc1. The van der Waals surface area contributed by atoms with E-state index in [1.807, 2.05) is 24.3 Å². The van der Waals surface area contributed by atoms with E-state index < -0.39 is 5.60 Å². The highest BCUT2D eigenvalue weighted by Gasteiger charge is 2.38. The molecule has 3 aromatic carbocycles. The molecular formula is C27H32O4S. The summed E-state index contributed by atoms with van der Waals surface area (Å²) in [4.78, 5) is 0. The number of rotatable bonds is 11. The molecule has 5 heteroatoms.